The Morgan fingerprint density at radius 1 is 1.30 bits per heavy atom. The van der Waals surface area contributed by atoms with Crippen molar-refractivity contribution in [3.8, 4) is 11.6 Å². The maximum absolute atomic E-state index is 6.01. The quantitative estimate of drug-likeness (QED) is 0.792. The summed E-state index contributed by atoms with van der Waals surface area (Å²) in [4.78, 5) is 4.37. The number of benzene rings is 1. The molecule has 0 aliphatic carbocycles. The van der Waals surface area contributed by atoms with Gasteiger partial charge in [0.2, 0.25) is 5.88 Å². The smallest absolute Gasteiger partial charge is 0.241 e. The molecule has 20 heavy (non-hydrogen) atoms. The molecule has 0 saturated carbocycles. The highest BCUT2D eigenvalue weighted by atomic mass is 16.5. The van der Waals surface area contributed by atoms with E-state index in [2.05, 4.69) is 10.1 Å². The van der Waals surface area contributed by atoms with Gasteiger partial charge in [-0.05, 0) is 26.0 Å². The van der Waals surface area contributed by atoms with Crippen molar-refractivity contribution in [1.29, 1.82) is 0 Å². The molecule has 3 rings (SSSR count). The second kappa shape index (κ2) is 4.85. The van der Waals surface area contributed by atoms with Crippen LogP contribution in [0.4, 0.5) is 5.69 Å². The largest absolute Gasteiger partial charge is 0.436 e. The first-order valence-corrected chi connectivity index (χ1v) is 6.54. The van der Waals surface area contributed by atoms with Crippen LogP contribution in [0.3, 0.4) is 0 Å². The van der Waals surface area contributed by atoms with Gasteiger partial charge in [-0.25, -0.2) is 4.68 Å². The average molecular weight is 268 g/mol. The second-order valence-electron chi connectivity index (χ2n) is 4.59. The Kier molecular flexibility index (Phi) is 3.02. The number of hydrogen-bond acceptors (Lipinski definition) is 4. The third-order valence-corrected chi connectivity index (χ3v) is 3.20. The zero-order valence-electron chi connectivity index (χ0n) is 11.5. The van der Waals surface area contributed by atoms with Gasteiger partial charge in [-0.3, -0.25) is 4.98 Å². The lowest BCUT2D eigenvalue weighted by molar-refractivity contribution is 0.417. The number of nitrogen functional groups attached to an aromatic ring is 1. The molecule has 5 nitrogen and oxygen atoms in total. The molecule has 5 heteroatoms. The zero-order chi connectivity index (χ0) is 14.1. The number of pyridine rings is 1. The van der Waals surface area contributed by atoms with Crippen LogP contribution in [0.2, 0.25) is 0 Å². The van der Waals surface area contributed by atoms with Crippen molar-refractivity contribution in [3.63, 3.8) is 0 Å². The van der Waals surface area contributed by atoms with E-state index in [4.69, 9.17) is 10.5 Å². The van der Waals surface area contributed by atoms with E-state index in [0.717, 1.165) is 16.6 Å². The standard InChI is InChI=1S/C15H16N4O/c1-3-19-15(14(16)10(2)18-19)20-12-8-11-6-4-5-7-13(11)17-9-12/h4-9H,3,16H2,1-2H3. The van der Waals surface area contributed by atoms with Crippen LogP contribution in [0.1, 0.15) is 12.6 Å². The fourth-order valence-electron chi connectivity index (χ4n) is 2.11. The predicted octanol–water partition coefficient (Wildman–Crippen LogP) is 3.13. The van der Waals surface area contributed by atoms with Gasteiger partial charge in [-0.15, -0.1) is 0 Å². The topological polar surface area (TPSA) is 66.0 Å². The summed E-state index contributed by atoms with van der Waals surface area (Å²) in [5.41, 5.74) is 8.29. The lowest BCUT2D eigenvalue weighted by Gasteiger charge is -2.08. The molecule has 102 valence electrons. The molecule has 0 radical (unpaired) electrons. The van der Waals surface area contributed by atoms with Gasteiger partial charge in [0.15, 0.2) is 0 Å². The van der Waals surface area contributed by atoms with Crippen molar-refractivity contribution in [2.24, 2.45) is 0 Å². The Labute approximate surface area is 117 Å². The molecule has 0 fully saturated rings. The number of rotatable bonds is 3. The third-order valence-electron chi connectivity index (χ3n) is 3.20. The molecular weight excluding hydrogens is 252 g/mol. The Balaban J connectivity index is 2.01. The highest BCUT2D eigenvalue weighted by molar-refractivity contribution is 5.79. The van der Waals surface area contributed by atoms with Crippen molar-refractivity contribution >= 4 is 16.6 Å². The molecular formula is C15H16N4O. The molecule has 0 unspecified atom stereocenters. The van der Waals surface area contributed by atoms with Crippen LogP contribution in [0, 0.1) is 6.92 Å². The minimum Gasteiger partial charge on any atom is -0.436 e. The molecule has 0 bridgehead atoms. The fourth-order valence-corrected chi connectivity index (χ4v) is 2.11. The van der Waals surface area contributed by atoms with Gasteiger partial charge in [0.05, 0.1) is 17.4 Å². The molecule has 0 aliphatic rings. The summed E-state index contributed by atoms with van der Waals surface area (Å²) < 4.78 is 7.62. The van der Waals surface area contributed by atoms with Crippen molar-refractivity contribution in [3.05, 3.63) is 42.2 Å². The Morgan fingerprint density at radius 3 is 2.90 bits per heavy atom. The van der Waals surface area contributed by atoms with Gasteiger partial charge in [0.25, 0.3) is 0 Å². The van der Waals surface area contributed by atoms with Crippen molar-refractivity contribution in [2.75, 3.05) is 5.73 Å². The van der Waals surface area contributed by atoms with Crippen LogP contribution in [-0.4, -0.2) is 14.8 Å². The molecule has 2 N–H and O–H groups in total. The lowest BCUT2D eigenvalue weighted by atomic mass is 10.2. The fraction of sp³-hybridized carbons (Fsp3) is 0.200. The number of para-hydroxylation sites is 1. The lowest BCUT2D eigenvalue weighted by Crippen LogP contribution is -2.01. The number of ether oxygens (including phenoxy) is 1. The molecule has 0 spiro atoms. The summed E-state index contributed by atoms with van der Waals surface area (Å²) >= 11 is 0. The van der Waals surface area contributed by atoms with E-state index >= 15 is 0 Å². The first-order chi connectivity index (χ1) is 9.69. The number of nitrogens with two attached hydrogens (primary N) is 1. The third kappa shape index (κ3) is 2.07. The summed E-state index contributed by atoms with van der Waals surface area (Å²) in [6.45, 7) is 4.57. The molecule has 1 aromatic carbocycles. The van der Waals surface area contributed by atoms with E-state index in [1.54, 1.807) is 10.9 Å². The highest BCUT2D eigenvalue weighted by Gasteiger charge is 2.14. The molecule has 0 saturated heterocycles. The molecule has 2 heterocycles. The summed E-state index contributed by atoms with van der Waals surface area (Å²) in [7, 11) is 0. The minimum absolute atomic E-state index is 0.569. The van der Waals surface area contributed by atoms with Crippen LogP contribution < -0.4 is 10.5 Å². The Bertz CT molecular complexity index is 764. The summed E-state index contributed by atoms with van der Waals surface area (Å²) in [6.07, 6.45) is 1.70. The van der Waals surface area contributed by atoms with E-state index < -0.39 is 0 Å². The highest BCUT2D eigenvalue weighted by Crippen LogP contribution is 2.30. The molecule has 2 aromatic heterocycles. The summed E-state index contributed by atoms with van der Waals surface area (Å²) in [5, 5.41) is 5.36. The van der Waals surface area contributed by atoms with E-state index in [1.165, 1.54) is 0 Å². The van der Waals surface area contributed by atoms with Crippen LogP contribution in [0.5, 0.6) is 11.6 Å². The minimum atomic E-state index is 0.569. The number of aryl methyl sites for hydroxylation is 2. The molecule has 3 aromatic rings. The second-order valence-corrected chi connectivity index (χ2v) is 4.59. The van der Waals surface area contributed by atoms with Gasteiger partial charge in [0, 0.05) is 11.9 Å². The van der Waals surface area contributed by atoms with E-state index in [1.807, 2.05) is 44.2 Å². The van der Waals surface area contributed by atoms with E-state index in [9.17, 15) is 0 Å². The molecule has 0 aliphatic heterocycles. The monoisotopic (exact) mass is 268 g/mol. The predicted molar refractivity (Wildman–Crippen MR) is 78.9 cm³/mol. The number of anilines is 1. The average Bonchev–Trinajstić information content (AvgIpc) is 2.75. The first kappa shape index (κ1) is 12.5. The summed E-state index contributed by atoms with van der Waals surface area (Å²) in [5.74, 6) is 1.23. The van der Waals surface area contributed by atoms with Crippen LogP contribution in [0.25, 0.3) is 10.9 Å². The Morgan fingerprint density at radius 2 is 2.10 bits per heavy atom. The van der Waals surface area contributed by atoms with Gasteiger partial charge in [0.1, 0.15) is 11.4 Å². The van der Waals surface area contributed by atoms with E-state index in [0.29, 0.717) is 23.9 Å². The van der Waals surface area contributed by atoms with Crippen LogP contribution in [-0.2, 0) is 6.54 Å². The van der Waals surface area contributed by atoms with E-state index in [-0.39, 0.29) is 0 Å². The van der Waals surface area contributed by atoms with Crippen molar-refractivity contribution in [1.82, 2.24) is 14.8 Å². The van der Waals surface area contributed by atoms with Crippen LogP contribution >= 0.6 is 0 Å². The normalized spacial score (nSPS) is 10.9. The summed E-state index contributed by atoms with van der Waals surface area (Å²) in [6, 6.07) is 9.85. The van der Waals surface area contributed by atoms with Gasteiger partial charge in [-0.1, -0.05) is 18.2 Å². The number of aromatic nitrogens is 3. The van der Waals surface area contributed by atoms with Gasteiger partial charge >= 0.3 is 0 Å². The van der Waals surface area contributed by atoms with Gasteiger partial charge in [-0.2, -0.15) is 5.10 Å². The number of fused-ring (bicyclic) bond motifs is 1. The maximum Gasteiger partial charge on any atom is 0.241 e. The zero-order valence-corrected chi connectivity index (χ0v) is 11.5. The number of hydrogen-bond donors (Lipinski definition) is 1. The van der Waals surface area contributed by atoms with Crippen molar-refractivity contribution in [2.45, 2.75) is 20.4 Å². The number of nitrogens with zero attached hydrogens (tertiary/aromatic N) is 3. The Hall–Kier alpha value is -2.56. The van der Waals surface area contributed by atoms with Crippen molar-refractivity contribution < 1.29 is 4.74 Å². The molecule has 0 amide bonds. The van der Waals surface area contributed by atoms with Crippen LogP contribution in [0.15, 0.2) is 36.5 Å². The maximum atomic E-state index is 6.01. The van der Waals surface area contributed by atoms with Gasteiger partial charge < -0.3 is 10.5 Å². The first-order valence-electron chi connectivity index (χ1n) is 6.54. The molecule has 0 atom stereocenters. The SMILES string of the molecule is CCn1nc(C)c(N)c1Oc1cnc2ccccc2c1.